The van der Waals surface area contributed by atoms with E-state index in [4.69, 9.17) is 12.2 Å². The third-order valence-corrected chi connectivity index (χ3v) is 4.70. The number of halogens is 3. The molecule has 0 radical (unpaired) electrons. The molecule has 0 aromatic carbocycles. The predicted molar refractivity (Wildman–Crippen MR) is 99.8 cm³/mol. The first-order valence-corrected chi connectivity index (χ1v) is 8.90. The summed E-state index contributed by atoms with van der Waals surface area (Å²) >= 11 is 5.10. The number of aromatic nitrogens is 4. The average molecular weight is 430 g/mol. The zero-order valence-electron chi connectivity index (χ0n) is 15.5. The number of piperazine rings is 1. The Hall–Kier alpha value is -2.85. The molecule has 0 bridgehead atoms. The Morgan fingerprint density at radius 3 is 2.83 bits per heavy atom. The van der Waals surface area contributed by atoms with Gasteiger partial charge in [0.05, 0.1) is 13.1 Å². The van der Waals surface area contributed by atoms with Crippen molar-refractivity contribution in [2.75, 3.05) is 24.5 Å². The van der Waals surface area contributed by atoms with Crippen LogP contribution in [0.15, 0.2) is 4.79 Å². The Morgan fingerprint density at radius 1 is 1.45 bits per heavy atom. The van der Waals surface area contributed by atoms with Gasteiger partial charge in [0, 0.05) is 20.1 Å². The van der Waals surface area contributed by atoms with Crippen LogP contribution in [0.2, 0.25) is 0 Å². The molecule has 1 aliphatic heterocycles. The zero-order valence-corrected chi connectivity index (χ0v) is 16.3. The van der Waals surface area contributed by atoms with Crippen molar-refractivity contribution in [1.29, 1.82) is 0 Å². The fourth-order valence-corrected chi connectivity index (χ4v) is 3.09. The maximum atomic E-state index is 12.7. The summed E-state index contributed by atoms with van der Waals surface area (Å²) in [7, 11) is 1.49. The first-order valence-electron chi connectivity index (χ1n) is 8.49. The third-order valence-electron chi connectivity index (χ3n) is 4.33. The van der Waals surface area contributed by atoms with Gasteiger partial charge in [0.2, 0.25) is 5.95 Å². The number of alkyl halides is 3. The second kappa shape index (κ2) is 7.88. The van der Waals surface area contributed by atoms with Crippen LogP contribution in [0.1, 0.15) is 6.92 Å². The lowest BCUT2D eigenvalue weighted by atomic mass is 10.3. The molecule has 2 aromatic heterocycles. The van der Waals surface area contributed by atoms with Crippen molar-refractivity contribution >= 4 is 35.3 Å². The van der Waals surface area contributed by atoms with Crippen molar-refractivity contribution < 1.29 is 22.7 Å². The number of carbonyl (C=O) groups excluding carboxylic acids is 1. The number of esters is 1. The van der Waals surface area contributed by atoms with Gasteiger partial charge in [-0.2, -0.15) is 18.2 Å². The molecule has 0 amide bonds. The van der Waals surface area contributed by atoms with Crippen LogP contribution in [-0.4, -0.2) is 57.1 Å². The largest absolute Gasteiger partial charge is 0.491 e. The predicted octanol–water partition coefficient (Wildman–Crippen LogP) is 0.657. The first-order chi connectivity index (χ1) is 13.6. The van der Waals surface area contributed by atoms with Crippen molar-refractivity contribution in [3.05, 3.63) is 15.1 Å². The Bertz CT molecular complexity index is 1120. The minimum absolute atomic E-state index is 0.0432. The van der Waals surface area contributed by atoms with Gasteiger partial charge in [-0.25, -0.2) is 4.79 Å². The van der Waals surface area contributed by atoms with Crippen molar-refractivity contribution in [3.63, 3.8) is 0 Å². The molecule has 3 heterocycles. The van der Waals surface area contributed by atoms with Crippen LogP contribution in [-0.2, 0) is 23.1 Å². The highest BCUT2D eigenvalue weighted by Crippen LogP contribution is 2.24. The topological polar surface area (TPSA) is 97.2 Å². The third kappa shape index (κ3) is 3.99. The summed E-state index contributed by atoms with van der Waals surface area (Å²) in [4.78, 5) is 32.7. The summed E-state index contributed by atoms with van der Waals surface area (Å²) in [5.41, 5.74) is -0.0944. The van der Waals surface area contributed by atoms with Crippen LogP contribution in [0, 0.1) is 16.6 Å². The monoisotopic (exact) mass is 430 g/mol. The molecule has 156 valence electrons. The van der Waals surface area contributed by atoms with Gasteiger partial charge in [0.25, 0.3) is 5.56 Å². The molecule has 3 rings (SSSR count). The van der Waals surface area contributed by atoms with Crippen molar-refractivity contribution in [1.82, 2.24) is 24.4 Å². The van der Waals surface area contributed by atoms with Gasteiger partial charge < -0.3 is 19.9 Å². The normalized spacial score (nSPS) is 17.1. The lowest BCUT2D eigenvalue weighted by Crippen LogP contribution is -2.55. The highest BCUT2D eigenvalue weighted by molar-refractivity contribution is 7.71. The number of anilines is 1. The van der Waals surface area contributed by atoms with E-state index in [-0.39, 0.29) is 41.5 Å². The highest BCUT2D eigenvalue weighted by Gasteiger charge is 2.44. The molecule has 0 aliphatic carbocycles. The fourth-order valence-electron chi connectivity index (χ4n) is 2.91. The number of hydrogen-bond acceptors (Lipinski definition) is 7. The fraction of sp³-hybridized carbons (Fsp3) is 0.500. The molecule has 1 atom stereocenters. The van der Waals surface area contributed by atoms with Gasteiger partial charge in [-0.15, -0.1) is 5.92 Å². The smallest absolute Gasteiger partial charge is 0.433 e. The van der Waals surface area contributed by atoms with Crippen molar-refractivity contribution in [3.8, 4) is 11.8 Å². The second-order valence-corrected chi connectivity index (χ2v) is 6.56. The van der Waals surface area contributed by atoms with Gasteiger partial charge in [0.1, 0.15) is 0 Å². The second-order valence-electron chi connectivity index (χ2n) is 6.17. The summed E-state index contributed by atoms with van der Waals surface area (Å²) < 4.78 is 45.5. The maximum Gasteiger partial charge on any atom is 0.491 e. The number of nitrogens with one attached hydrogen (secondary N) is 2. The summed E-state index contributed by atoms with van der Waals surface area (Å²) in [6.07, 6.45) is -6.40. The van der Waals surface area contributed by atoms with E-state index in [1.165, 1.54) is 21.1 Å². The Labute approximate surface area is 167 Å². The number of rotatable bonds is 3. The van der Waals surface area contributed by atoms with E-state index >= 15 is 0 Å². The number of hydrogen-bond donors (Lipinski definition) is 2. The van der Waals surface area contributed by atoms with E-state index < -0.39 is 23.9 Å². The van der Waals surface area contributed by atoms with Crippen LogP contribution >= 0.6 is 12.2 Å². The number of carbonyl (C=O) groups is 1. The van der Waals surface area contributed by atoms with E-state index in [1.54, 1.807) is 6.92 Å². The SMILES string of the molecule is CC#CCn1c(N2CCNCC2OC(=O)C(F)(F)F)nc2[nH]c(=S)n(C)c(=O)c21. The summed E-state index contributed by atoms with van der Waals surface area (Å²) in [6.45, 7) is 2.24. The number of ether oxygens (including phenoxy) is 1. The molecule has 0 saturated carbocycles. The molecule has 1 unspecified atom stereocenters. The molecular weight excluding hydrogens is 413 g/mol. The number of aromatic amines is 1. The van der Waals surface area contributed by atoms with Crippen molar-refractivity contribution in [2.24, 2.45) is 7.05 Å². The van der Waals surface area contributed by atoms with E-state index in [1.807, 2.05) is 0 Å². The van der Waals surface area contributed by atoms with Gasteiger partial charge in [-0.05, 0) is 19.1 Å². The maximum absolute atomic E-state index is 12.7. The van der Waals surface area contributed by atoms with E-state index in [2.05, 4.69) is 31.9 Å². The number of imidazole rings is 1. The first kappa shape index (κ1) is 20.9. The Kier molecular flexibility index (Phi) is 5.67. The number of H-pyrrole nitrogens is 1. The molecule has 1 fully saturated rings. The van der Waals surface area contributed by atoms with Crippen molar-refractivity contribution in [2.45, 2.75) is 25.9 Å². The molecule has 0 spiro atoms. The summed E-state index contributed by atoms with van der Waals surface area (Å²) in [5.74, 6) is 3.37. The molecule has 2 aromatic rings. The van der Waals surface area contributed by atoms with Gasteiger partial charge in [-0.1, -0.05) is 5.92 Å². The molecule has 1 aliphatic rings. The Morgan fingerprint density at radius 2 is 2.17 bits per heavy atom. The number of nitrogens with zero attached hydrogens (tertiary/aromatic N) is 4. The van der Waals surface area contributed by atoms with E-state index in [0.29, 0.717) is 6.54 Å². The molecule has 1 saturated heterocycles. The van der Waals surface area contributed by atoms with E-state index in [0.717, 1.165) is 0 Å². The molecule has 9 nitrogen and oxygen atoms in total. The molecular formula is C16H17F3N6O3S. The highest BCUT2D eigenvalue weighted by atomic mass is 32.1. The summed E-state index contributed by atoms with van der Waals surface area (Å²) in [5, 5.41) is 2.88. The average Bonchev–Trinajstić information content (AvgIpc) is 3.02. The lowest BCUT2D eigenvalue weighted by molar-refractivity contribution is -0.205. The molecule has 2 N–H and O–H groups in total. The standard InChI is InChI=1S/C16H17F3N6O3S/c1-3-4-6-25-10-11(22-15(29)23(2)12(10)26)21-14(25)24-7-5-20-8-9(24)28-13(27)16(17,18)19/h9,20H,5-8H2,1-2H3,(H,22,29). The van der Waals surface area contributed by atoms with Gasteiger partial charge in [0.15, 0.2) is 22.2 Å². The molecule has 13 heteroatoms. The molecule has 29 heavy (non-hydrogen) atoms. The minimum atomic E-state index is -5.13. The zero-order chi connectivity index (χ0) is 21.3. The van der Waals surface area contributed by atoms with Crippen LogP contribution in [0.25, 0.3) is 11.2 Å². The van der Waals surface area contributed by atoms with Crippen LogP contribution in [0.5, 0.6) is 0 Å². The van der Waals surface area contributed by atoms with Gasteiger partial charge in [-0.3, -0.25) is 13.9 Å². The lowest BCUT2D eigenvalue weighted by Gasteiger charge is -2.36. The van der Waals surface area contributed by atoms with Crippen LogP contribution in [0.3, 0.4) is 0 Å². The Balaban J connectivity index is 2.14. The summed E-state index contributed by atoms with van der Waals surface area (Å²) in [6, 6.07) is 0. The van der Waals surface area contributed by atoms with Crippen LogP contribution in [0.4, 0.5) is 19.1 Å². The van der Waals surface area contributed by atoms with Crippen LogP contribution < -0.4 is 15.8 Å². The quantitative estimate of drug-likeness (QED) is 0.419. The number of fused-ring (bicyclic) bond motifs is 1. The van der Waals surface area contributed by atoms with E-state index in [9.17, 15) is 22.8 Å². The van der Waals surface area contributed by atoms with Gasteiger partial charge >= 0.3 is 12.1 Å². The minimum Gasteiger partial charge on any atom is -0.433 e.